The molecular formula is C22H19BrN2O3. The normalized spacial score (nSPS) is 10.6. The zero-order valence-corrected chi connectivity index (χ0v) is 17.4. The fourth-order valence-corrected chi connectivity index (χ4v) is 3.11. The Balaban J connectivity index is 2.33. The maximum Gasteiger partial charge on any atom is 0.266 e. The van der Waals surface area contributed by atoms with Gasteiger partial charge in [0, 0.05) is 5.69 Å². The number of nitrogens with one attached hydrogen (secondary N) is 1. The average Bonchev–Trinajstić information content (AvgIpc) is 2.66. The molecule has 1 N–H and O–H groups in total. The molecule has 0 unspecified atom stereocenters. The molecule has 0 aliphatic rings. The third-order valence-electron chi connectivity index (χ3n) is 3.86. The molecule has 0 aliphatic carbocycles. The van der Waals surface area contributed by atoms with Crippen molar-refractivity contribution in [2.75, 3.05) is 19.0 Å². The summed E-state index contributed by atoms with van der Waals surface area (Å²) in [5.74, 6) is 2.79. The number of carbonyl (C=O) groups excluding carboxylic acids is 1. The summed E-state index contributed by atoms with van der Waals surface area (Å²) in [5, 5.41) is 12.2. The molecule has 0 atom stereocenters. The standard InChI is InChI=1S/C22H19BrN2O3/c1-5-8-28-21-18(23)11-16(12-20(21)27-4)10-17(13-24)22(26)25-19-7-6-14(2)9-15(19)3/h1,6-7,9-12H,8H2,2-4H3,(H,25,26)/b17-10+. The predicted molar refractivity (Wildman–Crippen MR) is 113 cm³/mol. The predicted octanol–water partition coefficient (Wildman–Crippen LogP) is 4.63. The van der Waals surface area contributed by atoms with E-state index in [1.54, 1.807) is 12.1 Å². The van der Waals surface area contributed by atoms with E-state index in [1.165, 1.54) is 13.2 Å². The molecule has 0 aromatic heterocycles. The molecule has 142 valence electrons. The van der Waals surface area contributed by atoms with Gasteiger partial charge in [-0.2, -0.15) is 5.26 Å². The highest BCUT2D eigenvalue weighted by atomic mass is 79.9. The second-order valence-electron chi connectivity index (χ2n) is 5.97. The van der Waals surface area contributed by atoms with Crippen LogP contribution in [0.2, 0.25) is 0 Å². The van der Waals surface area contributed by atoms with Gasteiger partial charge in [-0.3, -0.25) is 4.79 Å². The topological polar surface area (TPSA) is 71.3 Å². The molecular weight excluding hydrogens is 420 g/mol. The number of carbonyl (C=O) groups is 1. The largest absolute Gasteiger partial charge is 0.493 e. The van der Waals surface area contributed by atoms with Gasteiger partial charge in [0.1, 0.15) is 18.2 Å². The Bertz CT molecular complexity index is 1010. The quantitative estimate of drug-likeness (QED) is 0.405. The van der Waals surface area contributed by atoms with Crippen molar-refractivity contribution in [2.45, 2.75) is 13.8 Å². The van der Waals surface area contributed by atoms with E-state index >= 15 is 0 Å². The van der Waals surface area contributed by atoms with Crippen LogP contribution in [-0.4, -0.2) is 19.6 Å². The number of methoxy groups -OCH3 is 1. The number of hydrogen-bond donors (Lipinski definition) is 1. The van der Waals surface area contributed by atoms with Gasteiger partial charge >= 0.3 is 0 Å². The second kappa shape index (κ2) is 9.64. The van der Waals surface area contributed by atoms with Crippen LogP contribution < -0.4 is 14.8 Å². The molecule has 0 radical (unpaired) electrons. The molecule has 1 amide bonds. The number of nitrogens with zero attached hydrogens (tertiary/aromatic N) is 1. The summed E-state index contributed by atoms with van der Waals surface area (Å²) in [5.41, 5.74) is 3.24. The zero-order chi connectivity index (χ0) is 20.7. The van der Waals surface area contributed by atoms with Crippen LogP contribution in [0, 0.1) is 37.5 Å². The highest BCUT2D eigenvalue weighted by molar-refractivity contribution is 9.10. The number of rotatable bonds is 6. The van der Waals surface area contributed by atoms with Crippen LogP contribution in [0.1, 0.15) is 16.7 Å². The first-order valence-electron chi connectivity index (χ1n) is 8.33. The molecule has 0 heterocycles. The van der Waals surface area contributed by atoms with Crippen molar-refractivity contribution in [2.24, 2.45) is 0 Å². The van der Waals surface area contributed by atoms with E-state index < -0.39 is 5.91 Å². The van der Waals surface area contributed by atoms with Crippen molar-refractivity contribution >= 4 is 33.6 Å². The lowest BCUT2D eigenvalue weighted by Gasteiger charge is -2.12. The molecule has 0 saturated carbocycles. The molecule has 2 rings (SSSR count). The number of ether oxygens (including phenoxy) is 2. The highest BCUT2D eigenvalue weighted by Crippen LogP contribution is 2.37. The van der Waals surface area contributed by atoms with E-state index in [0.717, 1.165) is 11.1 Å². The Morgan fingerprint density at radius 2 is 2.07 bits per heavy atom. The number of hydrogen-bond acceptors (Lipinski definition) is 4. The molecule has 0 aliphatic heterocycles. The van der Waals surface area contributed by atoms with Crippen LogP contribution >= 0.6 is 15.9 Å². The number of anilines is 1. The van der Waals surface area contributed by atoms with Crippen molar-refractivity contribution in [3.63, 3.8) is 0 Å². The molecule has 0 bridgehead atoms. The molecule has 28 heavy (non-hydrogen) atoms. The van der Waals surface area contributed by atoms with Crippen LogP contribution in [0.25, 0.3) is 6.08 Å². The summed E-state index contributed by atoms with van der Waals surface area (Å²) >= 11 is 3.40. The number of aryl methyl sites for hydroxylation is 2. The van der Waals surface area contributed by atoms with Crippen molar-refractivity contribution in [3.8, 4) is 29.9 Å². The fraction of sp³-hybridized carbons (Fsp3) is 0.182. The minimum absolute atomic E-state index is 0.0359. The summed E-state index contributed by atoms with van der Waals surface area (Å²) in [7, 11) is 1.50. The van der Waals surface area contributed by atoms with Gasteiger partial charge in [0.2, 0.25) is 0 Å². The Hall–Kier alpha value is -3.22. The lowest BCUT2D eigenvalue weighted by molar-refractivity contribution is -0.112. The number of nitriles is 1. The summed E-state index contributed by atoms with van der Waals surface area (Å²) in [6, 6.07) is 11.0. The van der Waals surface area contributed by atoms with Gasteiger partial charge in [0.05, 0.1) is 11.6 Å². The fourth-order valence-electron chi connectivity index (χ4n) is 2.54. The first-order valence-corrected chi connectivity index (χ1v) is 9.13. The first-order chi connectivity index (χ1) is 13.4. The smallest absolute Gasteiger partial charge is 0.266 e. The van der Waals surface area contributed by atoms with Gasteiger partial charge < -0.3 is 14.8 Å². The van der Waals surface area contributed by atoms with Gasteiger partial charge in [-0.25, -0.2) is 0 Å². The first kappa shape index (κ1) is 21.1. The van der Waals surface area contributed by atoms with Crippen molar-refractivity contribution in [1.82, 2.24) is 0 Å². The van der Waals surface area contributed by atoms with Crippen LogP contribution in [-0.2, 0) is 4.79 Å². The number of benzene rings is 2. The Labute approximate surface area is 173 Å². The molecule has 2 aromatic rings. The number of amides is 1. The van der Waals surface area contributed by atoms with E-state index in [4.69, 9.17) is 15.9 Å². The van der Waals surface area contributed by atoms with Crippen LogP contribution in [0.4, 0.5) is 5.69 Å². The Morgan fingerprint density at radius 1 is 1.32 bits per heavy atom. The van der Waals surface area contributed by atoms with Gasteiger partial charge in [0.25, 0.3) is 5.91 Å². The van der Waals surface area contributed by atoms with Crippen molar-refractivity contribution in [1.29, 1.82) is 5.26 Å². The summed E-state index contributed by atoms with van der Waals surface area (Å²) in [6.45, 7) is 3.96. The van der Waals surface area contributed by atoms with E-state index in [0.29, 0.717) is 27.2 Å². The SMILES string of the molecule is C#CCOc1c(Br)cc(/C=C(\C#N)C(=O)Nc2ccc(C)cc2C)cc1OC. The highest BCUT2D eigenvalue weighted by Gasteiger charge is 2.14. The lowest BCUT2D eigenvalue weighted by atomic mass is 10.1. The minimum Gasteiger partial charge on any atom is -0.493 e. The van der Waals surface area contributed by atoms with Gasteiger partial charge in [-0.05, 0) is 65.2 Å². The lowest BCUT2D eigenvalue weighted by Crippen LogP contribution is -2.14. The van der Waals surface area contributed by atoms with Crippen molar-refractivity contribution < 1.29 is 14.3 Å². The summed E-state index contributed by atoms with van der Waals surface area (Å²) < 4.78 is 11.4. The van der Waals surface area contributed by atoms with Gasteiger partial charge in [-0.1, -0.05) is 23.6 Å². The maximum absolute atomic E-state index is 12.5. The maximum atomic E-state index is 12.5. The molecule has 0 saturated heterocycles. The zero-order valence-electron chi connectivity index (χ0n) is 15.8. The Kier molecular flexibility index (Phi) is 7.26. The molecule has 0 fully saturated rings. The number of terminal acetylenes is 1. The third kappa shape index (κ3) is 5.16. The van der Waals surface area contributed by atoms with Crippen LogP contribution in [0.15, 0.2) is 40.4 Å². The van der Waals surface area contributed by atoms with E-state index in [1.807, 2.05) is 38.1 Å². The average molecular weight is 439 g/mol. The summed E-state index contributed by atoms with van der Waals surface area (Å²) in [4.78, 5) is 12.5. The molecule has 6 heteroatoms. The molecule has 2 aromatic carbocycles. The summed E-state index contributed by atoms with van der Waals surface area (Å²) in [6.07, 6.45) is 6.71. The van der Waals surface area contributed by atoms with Gasteiger partial charge in [0.15, 0.2) is 11.5 Å². The van der Waals surface area contributed by atoms with Crippen molar-refractivity contribution in [3.05, 3.63) is 57.1 Å². The second-order valence-corrected chi connectivity index (χ2v) is 6.82. The number of halogens is 1. The molecule has 5 nitrogen and oxygen atoms in total. The van der Waals surface area contributed by atoms with E-state index in [-0.39, 0.29) is 12.2 Å². The molecule has 0 spiro atoms. The minimum atomic E-state index is -0.489. The van der Waals surface area contributed by atoms with E-state index in [9.17, 15) is 10.1 Å². The Morgan fingerprint density at radius 3 is 2.68 bits per heavy atom. The monoisotopic (exact) mass is 438 g/mol. The van der Waals surface area contributed by atoms with E-state index in [2.05, 4.69) is 27.2 Å². The van der Waals surface area contributed by atoms with Gasteiger partial charge in [-0.15, -0.1) is 6.42 Å². The van der Waals surface area contributed by atoms with Crippen LogP contribution in [0.3, 0.4) is 0 Å². The van der Waals surface area contributed by atoms with Crippen LogP contribution in [0.5, 0.6) is 11.5 Å². The third-order valence-corrected chi connectivity index (χ3v) is 4.45.